The number of alkyl halides is 3. The molecule has 0 heterocycles. The van der Waals surface area contributed by atoms with E-state index in [1.807, 2.05) is 18.2 Å². The van der Waals surface area contributed by atoms with Crippen LogP contribution in [0.2, 0.25) is 0 Å². The summed E-state index contributed by atoms with van der Waals surface area (Å²) in [5, 5.41) is 2.96. The van der Waals surface area contributed by atoms with E-state index in [0.717, 1.165) is 5.56 Å². The zero-order valence-electron chi connectivity index (χ0n) is 11.9. The van der Waals surface area contributed by atoms with Crippen LogP contribution in [-0.2, 0) is 16.1 Å². The maximum absolute atomic E-state index is 12.1. The van der Waals surface area contributed by atoms with Crippen LogP contribution in [0, 0.1) is 0 Å². The summed E-state index contributed by atoms with van der Waals surface area (Å²) < 4.78 is 45.8. The van der Waals surface area contributed by atoms with Gasteiger partial charge in [0.25, 0.3) is 0 Å². The van der Waals surface area contributed by atoms with E-state index >= 15 is 0 Å². The van der Waals surface area contributed by atoms with E-state index in [1.165, 1.54) is 0 Å². The molecule has 0 saturated heterocycles. The molecule has 0 radical (unpaired) electrons. The lowest BCUT2D eigenvalue weighted by molar-refractivity contribution is -0.204. The van der Waals surface area contributed by atoms with Gasteiger partial charge in [-0.3, -0.25) is 0 Å². The third-order valence-electron chi connectivity index (χ3n) is 2.80. The molecule has 0 bridgehead atoms. The van der Waals surface area contributed by atoms with Gasteiger partial charge >= 0.3 is 12.1 Å². The quantitative estimate of drug-likeness (QED) is 0.787. The minimum absolute atomic E-state index is 0.148. The Morgan fingerprint density at radius 1 is 1.38 bits per heavy atom. The van der Waals surface area contributed by atoms with Gasteiger partial charge in [0.15, 0.2) is 0 Å². The van der Waals surface area contributed by atoms with Crippen molar-refractivity contribution in [2.45, 2.75) is 32.2 Å². The van der Waals surface area contributed by atoms with E-state index in [-0.39, 0.29) is 6.54 Å². The molecule has 1 N–H and O–H groups in total. The minimum atomic E-state index is -4.96. The van der Waals surface area contributed by atoms with Gasteiger partial charge in [-0.1, -0.05) is 19.1 Å². The van der Waals surface area contributed by atoms with Gasteiger partial charge in [-0.25, -0.2) is 4.79 Å². The van der Waals surface area contributed by atoms with E-state index in [4.69, 9.17) is 4.74 Å². The van der Waals surface area contributed by atoms with Crippen molar-refractivity contribution in [2.75, 3.05) is 13.7 Å². The molecule has 118 valence electrons. The van der Waals surface area contributed by atoms with Crippen molar-refractivity contribution in [3.8, 4) is 5.75 Å². The highest BCUT2D eigenvalue weighted by molar-refractivity contribution is 5.75. The molecule has 0 fully saturated rings. The molecule has 0 aliphatic carbocycles. The standard InChI is InChI=1S/C14H18F3NO3/c1-3-11(21-13(19)14(15,16)17)9-18-8-10-5-4-6-12(7-10)20-2/h4-7,11,18H,3,8-9H2,1-2H3. The predicted octanol–water partition coefficient (Wildman–Crippen LogP) is 2.67. The Hall–Kier alpha value is -1.76. The fourth-order valence-electron chi connectivity index (χ4n) is 1.65. The van der Waals surface area contributed by atoms with Crippen molar-refractivity contribution in [3.05, 3.63) is 29.8 Å². The van der Waals surface area contributed by atoms with Gasteiger partial charge in [0.1, 0.15) is 11.9 Å². The number of hydrogen-bond acceptors (Lipinski definition) is 4. The third kappa shape index (κ3) is 6.03. The summed E-state index contributed by atoms with van der Waals surface area (Å²) in [6, 6.07) is 7.29. The van der Waals surface area contributed by atoms with Crippen molar-refractivity contribution < 1.29 is 27.4 Å². The average Bonchev–Trinajstić information content (AvgIpc) is 2.45. The lowest BCUT2D eigenvalue weighted by Gasteiger charge is -2.17. The summed E-state index contributed by atoms with van der Waals surface area (Å²) in [5.74, 6) is -1.46. The van der Waals surface area contributed by atoms with E-state index in [2.05, 4.69) is 10.1 Å². The van der Waals surface area contributed by atoms with Crippen LogP contribution in [0.5, 0.6) is 5.75 Å². The van der Waals surface area contributed by atoms with Crippen LogP contribution in [0.4, 0.5) is 13.2 Å². The topological polar surface area (TPSA) is 47.6 Å². The summed E-state index contributed by atoms with van der Waals surface area (Å²) >= 11 is 0. The highest BCUT2D eigenvalue weighted by Gasteiger charge is 2.42. The smallest absolute Gasteiger partial charge is 0.490 e. The Morgan fingerprint density at radius 3 is 2.67 bits per heavy atom. The van der Waals surface area contributed by atoms with E-state index < -0.39 is 18.2 Å². The van der Waals surface area contributed by atoms with Gasteiger partial charge in [-0.15, -0.1) is 0 Å². The minimum Gasteiger partial charge on any atom is -0.497 e. The molecular formula is C14H18F3NO3. The number of rotatable bonds is 7. The van der Waals surface area contributed by atoms with Gasteiger partial charge in [0, 0.05) is 13.1 Å². The number of hydrogen-bond donors (Lipinski definition) is 1. The van der Waals surface area contributed by atoms with E-state index in [1.54, 1.807) is 20.1 Å². The normalized spacial score (nSPS) is 12.8. The molecule has 1 rings (SSSR count). The first-order valence-electron chi connectivity index (χ1n) is 6.48. The first kappa shape index (κ1) is 17.3. The molecule has 4 nitrogen and oxygen atoms in total. The first-order chi connectivity index (χ1) is 9.86. The second-order valence-electron chi connectivity index (χ2n) is 4.42. The monoisotopic (exact) mass is 305 g/mol. The highest BCUT2D eigenvalue weighted by Crippen LogP contribution is 2.18. The Labute approximate surface area is 121 Å². The van der Waals surface area contributed by atoms with Crippen molar-refractivity contribution >= 4 is 5.97 Å². The van der Waals surface area contributed by atoms with Crippen molar-refractivity contribution in [3.63, 3.8) is 0 Å². The number of carbonyl (C=O) groups is 1. The van der Waals surface area contributed by atoms with Crippen molar-refractivity contribution in [1.29, 1.82) is 0 Å². The van der Waals surface area contributed by atoms with Crippen molar-refractivity contribution in [1.82, 2.24) is 5.32 Å². The molecule has 1 unspecified atom stereocenters. The van der Waals surface area contributed by atoms with Gasteiger partial charge in [0.2, 0.25) is 0 Å². The number of carbonyl (C=O) groups excluding carboxylic acids is 1. The Balaban J connectivity index is 2.43. The number of ether oxygens (including phenoxy) is 2. The largest absolute Gasteiger partial charge is 0.497 e. The summed E-state index contributed by atoms with van der Waals surface area (Å²) in [4.78, 5) is 10.8. The van der Waals surface area contributed by atoms with Crippen LogP contribution in [-0.4, -0.2) is 31.9 Å². The molecule has 1 aromatic rings. The Bertz CT molecular complexity index is 463. The van der Waals surface area contributed by atoms with Crippen LogP contribution in [0.15, 0.2) is 24.3 Å². The fourth-order valence-corrected chi connectivity index (χ4v) is 1.65. The van der Waals surface area contributed by atoms with Gasteiger partial charge in [-0.05, 0) is 24.1 Å². The summed E-state index contributed by atoms with van der Waals surface area (Å²) in [6.45, 7) is 2.24. The lowest BCUT2D eigenvalue weighted by atomic mass is 10.2. The maximum atomic E-state index is 12.1. The van der Waals surface area contributed by atoms with Crippen LogP contribution < -0.4 is 10.1 Å². The van der Waals surface area contributed by atoms with Crippen LogP contribution in [0.1, 0.15) is 18.9 Å². The predicted molar refractivity (Wildman–Crippen MR) is 70.9 cm³/mol. The fraction of sp³-hybridized carbons (Fsp3) is 0.500. The zero-order valence-corrected chi connectivity index (χ0v) is 11.9. The van der Waals surface area contributed by atoms with E-state index in [0.29, 0.717) is 18.7 Å². The first-order valence-corrected chi connectivity index (χ1v) is 6.48. The molecule has 0 aliphatic rings. The number of benzene rings is 1. The molecule has 0 spiro atoms. The van der Waals surface area contributed by atoms with Crippen LogP contribution >= 0.6 is 0 Å². The summed E-state index contributed by atoms with van der Waals surface area (Å²) in [7, 11) is 1.55. The van der Waals surface area contributed by atoms with Gasteiger partial charge in [-0.2, -0.15) is 13.2 Å². The maximum Gasteiger partial charge on any atom is 0.490 e. The van der Waals surface area contributed by atoms with Crippen LogP contribution in [0.25, 0.3) is 0 Å². The molecule has 21 heavy (non-hydrogen) atoms. The molecular weight excluding hydrogens is 287 g/mol. The number of esters is 1. The van der Waals surface area contributed by atoms with Crippen LogP contribution in [0.3, 0.4) is 0 Å². The van der Waals surface area contributed by atoms with Gasteiger partial charge in [0.05, 0.1) is 7.11 Å². The highest BCUT2D eigenvalue weighted by atomic mass is 19.4. The second-order valence-corrected chi connectivity index (χ2v) is 4.42. The Morgan fingerprint density at radius 2 is 2.10 bits per heavy atom. The third-order valence-corrected chi connectivity index (χ3v) is 2.80. The molecule has 0 aromatic heterocycles. The number of methoxy groups -OCH3 is 1. The molecule has 7 heteroatoms. The summed E-state index contributed by atoms with van der Waals surface area (Å²) in [5.41, 5.74) is 0.923. The lowest BCUT2D eigenvalue weighted by Crippen LogP contribution is -2.35. The van der Waals surface area contributed by atoms with E-state index in [9.17, 15) is 18.0 Å². The molecule has 0 saturated carbocycles. The number of halogens is 3. The molecule has 0 amide bonds. The summed E-state index contributed by atoms with van der Waals surface area (Å²) in [6.07, 6.45) is -5.47. The molecule has 1 atom stereocenters. The zero-order chi connectivity index (χ0) is 15.9. The van der Waals surface area contributed by atoms with Crippen molar-refractivity contribution in [2.24, 2.45) is 0 Å². The second kappa shape index (κ2) is 7.87. The average molecular weight is 305 g/mol. The Kier molecular flexibility index (Phi) is 6.48. The molecule has 0 aliphatic heterocycles. The molecule has 1 aromatic carbocycles. The number of nitrogens with one attached hydrogen (secondary N) is 1. The van der Waals surface area contributed by atoms with Gasteiger partial charge < -0.3 is 14.8 Å². The SMILES string of the molecule is CCC(CNCc1cccc(OC)c1)OC(=O)C(F)(F)F.